The van der Waals surface area contributed by atoms with Crippen molar-refractivity contribution in [3.05, 3.63) is 29.8 Å². The lowest BCUT2D eigenvalue weighted by molar-refractivity contribution is -0.147. The van der Waals surface area contributed by atoms with E-state index in [1.165, 1.54) is 22.2 Å². The topological polar surface area (TPSA) is 75.7 Å². The van der Waals surface area contributed by atoms with Crippen molar-refractivity contribution in [2.24, 2.45) is 0 Å². The van der Waals surface area contributed by atoms with Crippen molar-refractivity contribution in [3.8, 4) is 0 Å². The van der Waals surface area contributed by atoms with Gasteiger partial charge in [0.25, 0.3) is 11.1 Å². The van der Waals surface area contributed by atoms with Crippen molar-refractivity contribution in [3.63, 3.8) is 0 Å². The monoisotopic (exact) mass is 350 g/mol. The quantitative estimate of drug-likeness (QED) is 0.765. The van der Waals surface area contributed by atoms with Crippen molar-refractivity contribution in [1.82, 2.24) is 4.90 Å². The molecule has 24 heavy (non-hydrogen) atoms. The van der Waals surface area contributed by atoms with Gasteiger partial charge in [-0.05, 0) is 30.0 Å². The lowest BCUT2D eigenvalue weighted by Gasteiger charge is -2.13. The number of anilines is 1. The summed E-state index contributed by atoms with van der Waals surface area (Å²) < 4.78 is 4.91. The zero-order valence-corrected chi connectivity index (χ0v) is 14.7. The van der Waals surface area contributed by atoms with Crippen LogP contribution in [0, 0.1) is 0 Å². The van der Waals surface area contributed by atoms with Crippen LogP contribution in [0.25, 0.3) is 0 Å². The maximum Gasteiger partial charge on any atom is 0.326 e. The van der Waals surface area contributed by atoms with Crippen LogP contribution in [0.1, 0.15) is 31.7 Å². The summed E-state index contributed by atoms with van der Waals surface area (Å²) >= 11 is 1.18. The lowest BCUT2D eigenvalue weighted by Crippen LogP contribution is -2.32. The van der Waals surface area contributed by atoms with E-state index >= 15 is 0 Å². The van der Waals surface area contributed by atoms with Crippen LogP contribution >= 0.6 is 11.8 Å². The molecule has 1 aromatic rings. The smallest absolute Gasteiger partial charge is 0.326 e. The molecule has 1 atom stereocenters. The van der Waals surface area contributed by atoms with Gasteiger partial charge >= 0.3 is 5.97 Å². The standard InChI is InChI=1S/C17H22N2O4S/c1-3-12(2)13-4-6-14(7-5-13)18-15(20)11-23-16(21)10-19-8-9-24-17(19)22/h4-7,12H,3,8-11H2,1-2H3,(H,18,20)/t12-/m0/s1. The maximum absolute atomic E-state index is 11.8. The van der Waals surface area contributed by atoms with Crippen LogP contribution in [0.15, 0.2) is 24.3 Å². The number of hydrogen-bond acceptors (Lipinski definition) is 5. The number of carbonyl (C=O) groups excluding carboxylic acids is 3. The van der Waals surface area contributed by atoms with Gasteiger partial charge in [-0.1, -0.05) is 37.7 Å². The first-order valence-electron chi connectivity index (χ1n) is 7.96. The van der Waals surface area contributed by atoms with Gasteiger partial charge in [-0.15, -0.1) is 0 Å². The summed E-state index contributed by atoms with van der Waals surface area (Å²) in [6, 6.07) is 7.63. The van der Waals surface area contributed by atoms with Gasteiger partial charge in [0.1, 0.15) is 6.54 Å². The minimum Gasteiger partial charge on any atom is -0.454 e. The van der Waals surface area contributed by atoms with E-state index in [0.29, 0.717) is 23.9 Å². The van der Waals surface area contributed by atoms with Crippen molar-refractivity contribution in [2.45, 2.75) is 26.2 Å². The molecule has 1 N–H and O–H groups in total. The molecular formula is C17H22N2O4S. The number of nitrogens with one attached hydrogen (secondary N) is 1. The Hall–Kier alpha value is -2.02. The molecule has 0 saturated carbocycles. The molecule has 0 aliphatic carbocycles. The number of carbonyl (C=O) groups is 3. The number of hydrogen-bond donors (Lipinski definition) is 1. The molecule has 2 amide bonds. The Balaban J connectivity index is 1.74. The van der Waals surface area contributed by atoms with Crippen LogP contribution in [0.4, 0.5) is 10.5 Å². The Labute approximate surface area is 145 Å². The first-order chi connectivity index (χ1) is 11.5. The fourth-order valence-electron chi connectivity index (χ4n) is 2.24. The highest BCUT2D eigenvalue weighted by Crippen LogP contribution is 2.20. The molecule has 1 fully saturated rings. The van der Waals surface area contributed by atoms with E-state index in [1.54, 1.807) is 0 Å². The van der Waals surface area contributed by atoms with Crippen molar-refractivity contribution in [2.75, 3.05) is 30.8 Å². The Morgan fingerprint density at radius 2 is 2.04 bits per heavy atom. The van der Waals surface area contributed by atoms with Gasteiger partial charge < -0.3 is 15.0 Å². The van der Waals surface area contributed by atoms with Crippen molar-refractivity contribution >= 4 is 34.6 Å². The average Bonchev–Trinajstić information content (AvgIpc) is 2.98. The summed E-state index contributed by atoms with van der Waals surface area (Å²) in [5.41, 5.74) is 1.88. The van der Waals surface area contributed by atoms with E-state index in [-0.39, 0.29) is 18.4 Å². The van der Waals surface area contributed by atoms with Gasteiger partial charge in [-0.2, -0.15) is 0 Å². The van der Waals surface area contributed by atoms with Crippen LogP contribution < -0.4 is 5.32 Å². The van der Waals surface area contributed by atoms with Crippen LogP contribution in [0.2, 0.25) is 0 Å². The second-order valence-electron chi connectivity index (χ2n) is 5.68. The number of esters is 1. The first kappa shape index (κ1) is 18.3. The second kappa shape index (κ2) is 8.73. The zero-order valence-electron chi connectivity index (χ0n) is 13.9. The summed E-state index contributed by atoms with van der Waals surface area (Å²) in [7, 11) is 0. The Morgan fingerprint density at radius 3 is 2.62 bits per heavy atom. The number of nitrogens with zero attached hydrogens (tertiary/aromatic N) is 1. The van der Waals surface area contributed by atoms with Crippen LogP contribution in [0.5, 0.6) is 0 Å². The van der Waals surface area contributed by atoms with E-state index in [9.17, 15) is 14.4 Å². The molecule has 0 unspecified atom stereocenters. The van der Waals surface area contributed by atoms with E-state index in [0.717, 1.165) is 6.42 Å². The molecule has 1 aliphatic rings. The zero-order chi connectivity index (χ0) is 17.5. The Bertz CT molecular complexity index is 603. The number of thioether (sulfide) groups is 1. The molecule has 6 nitrogen and oxygen atoms in total. The molecule has 0 radical (unpaired) electrons. The fraction of sp³-hybridized carbons (Fsp3) is 0.471. The summed E-state index contributed by atoms with van der Waals surface area (Å²) in [4.78, 5) is 36.3. The summed E-state index contributed by atoms with van der Waals surface area (Å²) in [6.45, 7) is 4.34. The molecule has 1 aliphatic heterocycles. The second-order valence-corrected chi connectivity index (χ2v) is 6.72. The third-order valence-electron chi connectivity index (χ3n) is 3.90. The normalized spacial score (nSPS) is 15.2. The van der Waals surface area contributed by atoms with Crippen molar-refractivity contribution in [1.29, 1.82) is 0 Å². The lowest BCUT2D eigenvalue weighted by atomic mass is 9.99. The minimum atomic E-state index is -0.576. The minimum absolute atomic E-state index is 0.108. The molecular weight excluding hydrogens is 328 g/mol. The van der Waals surface area contributed by atoms with Gasteiger partial charge in [0.05, 0.1) is 0 Å². The molecule has 7 heteroatoms. The van der Waals surface area contributed by atoms with Gasteiger partial charge in [0.2, 0.25) is 0 Å². The highest BCUT2D eigenvalue weighted by Gasteiger charge is 2.24. The number of amides is 2. The molecule has 0 aromatic heterocycles. The van der Waals surface area contributed by atoms with E-state index in [4.69, 9.17) is 4.74 Å². The van der Waals surface area contributed by atoms with Crippen molar-refractivity contribution < 1.29 is 19.1 Å². The van der Waals surface area contributed by atoms with Gasteiger partial charge in [-0.25, -0.2) is 0 Å². The van der Waals surface area contributed by atoms with E-state index < -0.39 is 11.9 Å². The Morgan fingerprint density at radius 1 is 1.33 bits per heavy atom. The predicted octanol–water partition coefficient (Wildman–Crippen LogP) is 2.85. The summed E-state index contributed by atoms with van der Waals surface area (Å²) in [6.07, 6.45) is 1.06. The molecule has 1 heterocycles. The van der Waals surface area contributed by atoms with Gasteiger partial charge in [0.15, 0.2) is 6.61 Å². The summed E-state index contributed by atoms with van der Waals surface area (Å²) in [5, 5.41) is 2.56. The van der Waals surface area contributed by atoms with E-state index in [1.807, 2.05) is 24.3 Å². The van der Waals surface area contributed by atoms with E-state index in [2.05, 4.69) is 19.2 Å². The SMILES string of the molecule is CC[C@H](C)c1ccc(NC(=O)COC(=O)CN2CCSC2=O)cc1. The predicted molar refractivity (Wildman–Crippen MR) is 94.2 cm³/mol. The highest BCUT2D eigenvalue weighted by molar-refractivity contribution is 8.13. The molecule has 2 rings (SSSR count). The fourth-order valence-corrected chi connectivity index (χ4v) is 3.07. The average molecular weight is 350 g/mol. The van der Waals surface area contributed by atoms with Gasteiger partial charge in [-0.3, -0.25) is 14.4 Å². The van der Waals surface area contributed by atoms with Crippen LogP contribution in [-0.4, -0.2) is 47.5 Å². The largest absolute Gasteiger partial charge is 0.454 e. The number of ether oxygens (including phenoxy) is 1. The molecule has 130 valence electrons. The summed E-state index contributed by atoms with van der Waals surface area (Å²) in [5.74, 6) is 0.177. The molecule has 0 spiro atoms. The molecule has 1 aromatic carbocycles. The van der Waals surface area contributed by atoms with Crippen LogP contribution in [0.3, 0.4) is 0 Å². The molecule has 1 saturated heterocycles. The molecule has 0 bridgehead atoms. The first-order valence-corrected chi connectivity index (χ1v) is 8.95. The number of rotatable bonds is 7. The van der Waals surface area contributed by atoms with Gasteiger partial charge in [0, 0.05) is 18.0 Å². The number of benzene rings is 1. The maximum atomic E-state index is 11.8. The third-order valence-corrected chi connectivity index (χ3v) is 4.80. The highest BCUT2D eigenvalue weighted by atomic mass is 32.2. The third kappa shape index (κ3) is 5.26. The Kier molecular flexibility index (Phi) is 6.66. The van der Waals surface area contributed by atoms with Crippen LogP contribution in [-0.2, 0) is 14.3 Å².